The van der Waals surface area contributed by atoms with E-state index in [-0.39, 0.29) is 10.9 Å². The van der Waals surface area contributed by atoms with Gasteiger partial charge < -0.3 is 5.32 Å². The first-order valence-corrected chi connectivity index (χ1v) is 9.09. The lowest BCUT2D eigenvalue weighted by atomic mass is 10.2. The van der Waals surface area contributed by atoms with Crippen molar-refractivity contribution >= 4 is 15.8 Å². The van der Waals surface area contributed by atoms with E-state index in [1.54, 1.807) is 16.4 Å². The van der Waals surface area contributed by atoms with Gasteiger partial charge in [-0.2, -0.15) is 4.31 Å². The van der Waals surface area contributed by atoms with E-state index in [0.717, 1.165) is 25.8 Å². The van der Waals surface area contributed by atoms with E-state index in [4.69, 9.17) is 0 Å². The van der Waals surface area contributed by atoms with Crippen LogP contribution in [0.5, 0.6) is 0 Å². The number of rotatable bonds is 9. The molecule has 0 radical (unpaired) electrons. The van der Waals surface area contributed by atoms with Crippen molar-refractivity contribution in [2.75, 3.05) is 18.4 Å². The van der Waals surface area contributed by atoms with Crippen molar-refractivity contribution in [2.45, 2.75) is 57.9 Å². The highest BCUT2D eigenvalue weighted by atomic mass is 32.2. The highest BCUT2D eigenvalue weighted by Crippen LogP contribution is 2.19. The van der Waals surface area contributed by atoms with Gasteiger partial charge in [0.05, 0.1) is 0 Å². The average molecular weight is 313 g/mol. The van der Waals surface area contributed by atoms with Gasteiger partial charge in [0.15, 0.2) is 0 Å². The van der Waals surface area contributed by atoms with Crippen LogP contribution in [0.25, 0.3) is 0 Å². The third-order valence-electron chi connectivity index (χ3n) is 3.26. The SMILES string of the molecule is CCCCCN(C(C)C)S(=O)(=O)c1ccc(NCC)nc1. The summed E-state index contributed by atoms with van der Waals surface area (Å²) >= 11 is 0. The van der Waals surface area contributed by atoms with Crippen molar-refractivity contribution in [3.63, 3.8) is 0 Å². The number of anilines is 1. The zero-order valence-corrected chi connectivity index (χ0v) is 14.3. The lowest BCUT2D eigenvalue weighted by Gasteiger charge is -2.25. The quantitative estimate of drug-likeness (QED) is 0.712. The van der Waals surface area contributed by atoms with Crippen molar-refractivity contribution in [3.05, 3.63) is 18.3 Å². The maximum atomic E-state index is 12.7. The second-order valence-electron chi connectivity index (χ2n) is 5.33. The molecule has 6 heteroatoms. The Morgan fingerprint density at radius 2 is 1.95 bits per heavy atom. The maximum absolute atomic E-state index is 12.7. The summed E-state index contributed by atoms with van der Waals surface area (Å²) in [5.41, 5.74) is 0. The predicted molar refractivity (Wildman–Crippen MR) is 87.0 cm³/mol. The van der Waals surface area contributed by atoms with Gasteiger partial charge in [-0.3, -0.25) is 0 Å². The van der Waals surface area contributed by atoms with Gasteiger partial charge in [-0.05, 0) is 39.3 Å². The average Bonchev–Trinajstić information content (AvgIpc) is 2.44. The molecule has 0 bridgehead atoms. The fourth-order valence-electron chi connectivity index (χ4n) is 2.13. The molecular formula is C15H27N3O2S. The summed E-state index contributed by atoms with van der Waals surface area (Å²) < 4.78 is 27.0. The van der Waals surface area contributed by atoms with Crippen LogP contribution < -0.4 is 5.32 Å². The summed E-state index contributed by atoms with van der Waals surface area (Å²) in [5, 5.41) is 3.06. The highest BCUT2D eigenvalue weighted by molar-refractivity contribution is 7.89. The van der Waals surface area contributed by atoms with Gasteiger partial charge in [0.2, 0.25) is 10.0 Å². The predicted octanol–water partition coefficient (Wildman–Crippen LogP) is 3.10. The van der Waals surface area contributed by atoms with E-state index >= 15 is 0 Å². The number of hydrogen-bond donors (Lipinski definition) is 1. The molecule has 0 aromatic carbocycles. The molecule has 0 unspecified atom stereocenters. The Hall–Kier alpha value is -1.14. The van der Waals surface area contributed by atoms with Crippen LogP contribution in [0.4, 0.5) is 5.82 Å². The number of nitrogens with zero attached hydrogens (tertiary/aromatic N) is 2. The first-order valence-electron chi connectivity index (χ1n) is 7.65. The maximum Gasteiger partial charge on any atom is 0.244 e. The number of pyridine rings is 1. The van der Waals surface area contributed by atoms with Gasteiger partial charge in [0.1, 0.15) is 10.7 Å². The van der Waals surface area contributed by atoms with Gasteiger partial charge in [-0.1, -0.05) is 19.8 Å². The van der Waals surface area contributed by atoms with Crippen molar-refractivity contribution in [1.82, 2.24) is 9.29 Å². The van der Waals surface area contributed by atoms with E-state index in [2.05, 4.69) is 17.2 Å². The lowest BCUT2D eigenvalue weighted by Crippen LogP contribution is -2.37. The number of nitrogens with one attached hydrogen (secondary N) is 1. The zero-order chi connectivity index (χ0) is 15.9. The second-order valence-corrected chi connectivity index (χ2v) is 7.22. The summed E-state index contributed by atoms with van der Waals surface area (Å²) in [6, 6.07) is 3.27. The molecule has 1 aromatic heterocycles. The third kappa shape index (κ3) is 4.97. The molecular weight excluding hydrogens is 286 g/mol. The Kier molecular flexibility index (Phi) is 7.11. The Bertz CT molecular complexity index is 512. The molecule has 0 saturated carbocycles. The van der Waals surface area contributed by atoms with Crippen LogP contribution in [0, 0.1) is 0 Å². The number of hydrogen-bond acceptors (Lipinski definition) is 4. The second kappa shape index (κ2) is 8.34. The van der Waals surface area contributed by atoms with E-state index in [1.807, 2.05) is 20.8 Å². The van der Waals surface area contributed by atoms with Gasteiger partial charge in [0.25, 0.3) is 0 Å². The van der Waals surface area contributed by atoms with Crippen LogP contribution in [-0.4, -0.2) is 36.8 Å². The minimum atomic E-state index is -3.47. The Balaban J connectivity index is 2.93. The minimum absolute atomic E-state index is 0.0553. The summed E-state index contributed by atoms with van der Waals surface area (Å²) in [5.74, 6) is 0.693. The molecule has 0 amide bonds. The standard InChI is InChI=1S/C15H27N3O2S/c1-5-7-8-11-18(13(3)4)21(19,20)14-9-10-15(16-6-2)17-12-14/h9-10,12-13H,5-8,11H2,1-4H3,(H,16,17). The molecule has 21 heavy (non-hydrogen) atoms. The molecule has 1 heterocycles. The molecule has 0 saturated heterocycles. The van der Waals surface area contributed by atoms with E-state index in [9.17, 15) is 8.42 Å². The normalized spacial score (nSPS) is 12.1. The van der Waals surface area contributed by atoms with Crippen LogP contribution in [0.2, 0.25) is 0 Å². The Morgan fingerprint density at radius 1 is 1.24 bits per heavy atom. The van der Waals surface area contributed by atoms with Crippen molar-refractivity contribution < 1.29 is 8.42 Å². The van der Waals surface area contributed by atoms with Crippen molar-refractivity contribution in [3.8, 4) is 0 Å². The molecule has 0 aliphatic carbocycles. The fraction of sp³-hybridized carbons (Fsp3) is 0.667. The minimum Gasteiger partial charge on any atom is -0.370 e. The van der Waals surface area contributed by atoms with Crippen LogP contribution >= 0.6 is 0 Å². The first kappa shape index (κ1) is 17.9. The van der Waals surface area contributed by atoms with Crippen molar-refractivity contribution in [2.24, 2.45) is 0 Å². The highest BCUT2D eigenvalue weighted by Gasteiger charge is 2.26. The van der Waals surface area contributed by atoms with E-state index in [0.29, 0.717) is 12.4 Å². The molecule has 0 spiro atoms. The molecule has 1 aromatic rings. The fourth-order valence-corrected chi connectivity index (χ4v) is 3.75. The summed E-state index contributed by atoms with van der Waals surface area (Å²) in [6.45, 7) is 9.21. The monoisotopic (exact) mass is 313 g/mol. The van der Waals surface area contributed by atoms with Gasteiger partial charge >= 0.3 is 0 Å². The van der Waals surface area contributed by atoms with Gasteiger partial charge in [-0.25, -0.2) is 13.4 Å². The molecule has 5 nitrogen and oxygen atoms in total. The van der Waals surface area contributed by atoms with E-state index < -0.39 is 10.0 Å². The smallest absolute Gasteiger partial charge is 0.244 e. The first-order chi connectivity index (χ1) is 9.93. The third-order valence-corrected chi connectivity index (χ3v) is 5.32. The number of aromatic nitrogens is 1. The van der Waals surface area contributed by atoms with Crippen LogP contribution in [-0.2, 0) is 10.0 Å². The van der Waals surface area contributed by atoms with Crippen LogP contribution in [0.3, 0.4) is 0 Å². The van der Waals surface area contributed by atoms with Crippen LogP contribution in [0.15, 0.2) is 23.2 Å². The van der Waals surface area contributed by atoms with E-state index in [1.165, 1.54) is 6.20 Å². The molecule has 0 aliphatic heterocycles. The molecule has 120 valence electrons. The Labute approximate surface area is 128 Å². The zero-order valence-electron chi connectivity index (χ0n) is 13.5. The molecule has 0 fully saturated rings. The topological polar surface area (TPSA) is 62.3 Å². The van der Waals surface area contributed by atoms with Gasteiger partial charge in [-0.15, -0.1) is 0 Å². The molecule has 0 atom stereocenters. The summed E-state index contributed by atoms with van der Waals surface area (Å²) in [6.07, 6.45) is 4.43. The Morgan fingerprint density at radius 3 is 2.43 bits per heavy atom. The van der Waals surface area contributed by atoms with Crippen LogP contribution in [0.1, 0.15) is 47.0 Å². The lowest BCUT2D eigenvalue weighted by molar-refractivity contribution is 0.345. The molecule has 0 aliphatic rings. The number of sulfonamides is 1. The molecule has 1 N–H and O–H groups in total. The molecule has 1 rings (SSSR count). The van der Waals surface area contributed by atoms with Crippen molar-refractivity contribution in [1.29, 1.82) is 0 Å². The van der Waals surface area contributed by atoms with Gasteiger partial charge in [0, 0.05) is 25.3 Å². The largest absolute Gasteiger partial charge is 0.370 e. The summed E-state index contributed by atoms with van der Waals surface area (Å²) in [7, 11) is -3.47. The number of unbranched alkanes of at least 4 members (excludes halogenated alkanes) is 2. The summed E-state index contributed by atoms with van der Waals surface area (Å²) in [4.78, 5) is 4.41.